The van der Waals surface area contributed by atoms with Crippen molar-refractivity contribution in [3.8, 4) is 5.75 Å². The van der Waals surface area contributed by atoms with Gasteiger partial charge in [-0.25, -0.2) is 4.98 Å². The largest absolute Gasteiger partial charge is 0.492 e. The molecule has 0 aliphatic rings. The maximum Gasteiger partial charge on any atom is 0.251 e. The van der Waals surface area contributed by atoms with E-state index in [1.807, 2.05) is 67.6 Å². The van der Waals surface area contributed by atoms with Gasteiger partial charge in [-0.15, -0.1) is 0 Å². The highest BCUT2D eigenvalue weighted by Gasteiger charge is 2.19. The quantitative estimate of drug-likeness (QED) is 0.244. The van der Waals surface area contributed by atoms with Gasteiger partial charge in [0, 0.05) is 16.6 Å². The molecular formula is C26H25BrClN3O2. The molecule has 3 aromatic carbocycles. The molecular weight excluding hydrogens is 502 g/mol. The number of benzene rings is 3. The van der Waals surface area contributed by atoms with Crippen LogP contribution < -0.4 is 10.1 Å². The number of nitrogens with one attached hydrogen (secondary N) is 1. The van der Waals surface area contributed by atoms with E-state index in [0.29, 0.717) is 22.9 Å². The Morgan fingerprint density at radius 3 is 2.70 bits per heavy atom. The SMILES string of the molecule is CC(NC(=O)c1cccc(Br)c1)c1nc2ccccc2n1CCCCOc1ccccc1Cl. The van der Waals surface area contributed by atoms with E-state index < -0.39 is 0 Å². The molecule has 4 rings (SSSR count). The lowest BCUT2D eigenvalue weighted by atomic mass is 10.2. The Kier molecular flexibility index (Phi) is 7.68. The number of rotatable bonds is 9. The highest BCUT2D eigenvalue weighted by atomic mass is 79.9. The van der Waals surface area contributed by atoms with Crippen LogP contribution in [0.1, 0.15) is 42.0 Å². The van der Waals surface area contributed by atoms with Crippen molar-refractivity contribution in [1.29, 1.82) is 0 Å². The van der Waals surface area contributed by atoms with Gasteiger partial charge >= 0.3 is 0 Å². The minimum atomic E-state index is -0.247. The number of unbranched alkanes of at least 4 members (excludes halogenated alkanes) is 1. The summed E-state index contributed by atoms with van der Waals surface area (Å²) in [6, 6.07) is 22.7. The highest BCUT2D eigenvalue weighted by molar-refractivity contribution is 9.10. The van der Waals surface area contributed by atoms with Crippen LogP contribution in [0.15, 0.2) is 77.3 Å². The maximum atomic E-state index is 12.8. The molecule has 0 spiro atoms. The van der Waals surface area contributed by atoms with E-state index in [1.165, 1.54) is 0 Å². The number of hydrogen-bond donors (Lipinski definition) is 1. The summed E-state index contributed by atoms with van der Waals surface area (Å²) in [5, 5.41) is 3.71. The summed E-state index contributed by atoms with van der Waals surface area (Å²) in [5.74, 6) is 1.42. The molecule has 0 fully saturated rings. The van der Waals surface area contributed by atoms with Gasteiger partial charge in [0.15, 0.2) is 0 Å². The third kappa shape index (κ3) is 5.75. The second kappa shape index (κ2) is 10.9. The Morgan fingerprint density at radius 1 is 1.09 bits per heavy atom. The second-order valence-corrected chi connectivity index (χ2v) is 9.12. The number of carbonyl (C=O) groups is 1. The number of fused-ring (bicyclic) bond motifs is 1. The van der Waals surface area contributed by atoms with Crippen molar-refractivity contribution >= 4 is 44.5 Å². The van der Waals surface area contributed by atoms with Gasteiger partial charge in [0.05, 0.1) is 28.7 Å². The standard InChI is InChI=1S/C26H25BrClN3O2/c1-18(29-26(32)19-9-8-10-20(27)17-19)25-30-22-12-3-4-13-23(22)31(25)15-6-7-16-33-24-14-5-2-11-21(24)28/h2-5,8-14,17-18H,6-7,15-16H2,1H3,(H,29,32). The molecule has 0 saturated heterocycles. The number of nitrogens with zero attached hydrogens (tertiary/aromatic N) is 2. The fourth-order valence-corrected chi connectivity index (χ4v) is 4.34. The molecule has 0 aliphatic carbocycles. The first kappa shape index (κ1) is 23.3. The summed E-state index contributed by atoms with van der Waals surface area (Å²) in [6.45, 7) is 3.33. The molecule has 0 aliphatic heterocycles. The normalized spacial score (nSPS) is 12.0. The van der Waals surface area contributed by atoms with Gasteiger partial charge in [0.1, 0.15) is 11.6 Å². The minimum absolute atomic E-state index is 0.129. The smallest absolute Gasteiger partial charge is 0.251 e. The van der Waals surface area contributed by atoms with Crippen LogP contribution in [0.2, 0.25) is 5.02 Å². The van der Waals surface area contributed by atoms with Crippen LogP contribution >= 0.6 is 27.5 Å². The van der Waals surface area contributed by atoms with Crippen molar-refractivity contribution < 1.29 is 9.53 Å². The van der Waals surface area contributed by atoms with Gasteiger partial charge in [-0.3, -0.25) is 4.79 Å². The fourth-order valence-electron chi connectivity index (χ4n) is 3.75. The fraction of sp³-hybridized carbons (Fsp3) is 0.231. The van der Waals surface area contributed by atoms with Crippen molar-refractivity contribution in [3.05, 3.63) is 93.7 Å². The summed E-state index contributed by atoms with van der Waals surface area (Å²) in [4.78, 5) is 17.6. The van der Waals surface area contributed by atoms with E-state index in [0.717, 1.165) is 40.7 Å². The van der Waals surface area contributed by atoms with E-state index >= 15 is 0 Å². The molecule has 1 aromatic heterocycles. The van der Waals surface area contributed by atoms with Crippen LogP contribution in [-0.2, 0) is 6.54 Å². The minimum Gasteiger partial charge on any atom is -0.492 e. The Bertz CT molecular complexity index is 1260. The maximum absolute atomic E-state index is 12.8. The van der Waals surface area contributed by atoms with Gasteiger partial charge in [0.25, 0.3) is 5.91 Å². The zero-order valence-electron chi connectivity index (χ0n) is 18.3. The number of amides is 1. The monoisotopic (exact) mass is 525 g/mol. The molecule has 5 nitrogen and oxygen atoms in total. The molecule has 1 atom stereocenters. The van der Waals surface area contributed by atoms with Crippen LogP contribution in [0.3, 0.4) is 0 Å². The van der Waals surface area contributed by atoms with Gasteiger partial charge < -0.3 is 14.6 Å². The number of halogens is 2. The topological polar surface area (TPSA) is 56.2 Å². The van der Waals surface area contributed by atoms with Crippen LogP contribution in [0, 0.1) is 0 Å². The van der Waals surface area contributed by atoms with Crippen molar-refractivity contribution in [2.75, 3.05) is 6.61 Å². The zero-order chi connectivity index (χ0) is 23.2. The van der Waals surface area contributed by atoms with Crippen LogP contribution in [0.5, 0.6) is 5.75 Å². The van der Waals surface area contributed by atoms with E-state index in [1.54, 1.807) is 6.07 Å². The van der Waals surface area contributed by atoms with Crippen molar-refractivity contribution in [1.82, 2.24) is 14.9 Å². The first-order valence-corrected chi connectivity index (χ1v) is 12.1. The molecule has 0 bridgehead atoms. The number of hydrogen-bond acceptors (Lipinski definition) is 3. The summed E-state index contributed by atoms with van der Waals surface area (Å²) < 4.78 is 8.88. The van der Waals surface area contributed by atoms with Crippen molar-refractivity contribution in [3.63, 3.8) is 0 Å². The Balaban J connectivity index is 1.44. The lowest BCUT2D eigenvalue weighted by Gasteiger charge is -2.17. The van der Waals surface area contributed by atoms with E-state index in [2.05, 4.69) is 31.9 Å². The first-order chi connectivity index (χ1) is 16.0. The number of para-hydroxylation sites is 3. The average molecular weight is 527 g/mol. The number of imidazole rings is 1. The van der Waals surface area contributed by atoms with E-state index in [-0.39, 0.29) is 11.9 Å². The number of aryl methyl sites for hydroxylation is 1. The zero-order valence-corrected chi connectivity index (χ0v) is 20.6. The molecule has 0 saturated carbocycles. The van der Waals surface area contributed by atoms with Crippen molar-refractivity contribution in [2.24, 2.45) is 0 Å². The van der Waals surface area contributed by atoms with Crippen LogP contribution in [0.4, 0.5) is 0 Å². The summed E-state index contributed by atoms with van der Waals surface area (Å²) in [5.41, 5.74) is 2.59. The van der Waals surface area contributed by atoms with Gasteiger partial charge in [0.2, 0.25) is 0 Å². The highest BCUT2D eigenvalue weighted by Crippen LogP contribution is 2.24. The van der Waals surface area contributed by atoms with Gasteiger partial charge in [-0.05, 0) is 62.2 Å². The molecule has 1 heterocycles. The number of aromatic nitrogens is 2. The predicted octanol–water partition coefficient (Wildman–Crippen LogP) is 6.80. The predicted molar refractivity (Wildman–Crippen MR) is 136 cm³/mol. The van der Waals surface area contributed by atoms with E-state index in [9.17, 15) is 4.79 Å². The lowest BCUT2D eigenvalue weighted by Crippen LogP contribution is -2.28. The lowest BCUT2D eigenvalue weighted by molar-refractivity contribution is 0.0937. The third-order valence-electron chi connectivity index (χ3n) is 5.38. The Morgan fingerprint density at radius 2 is 1.88 bits per heavy atom. The molecule has 33 heavy (non-hydrogen) atoms. The Hall–Kier alpha value is -2.83. The average Bonchev–Trinajstić information content (AvgIpc) is 3.19. The molecule has 1 amide bonds. The van der Waals surface area contributed by atoms with Gasteiger partial charge in [-0.2, -0.15) is 0 Å². The van der Waals surface area contributed by atoms with E-state index in [4.69, 9.17) is 21.3 Å². The molecule has 7 heteroatoms. The number of carbonyl (C=O) groups excluding carboxylic acids is 1. The molecule has 1 N–H and O–H groups in total. The molecule has 0 radical (unpaired) electrons. The first-order valence-electron chi connectivity index (χ1n) is 10.9. The van der Waals surface area contributed by atoms with Crippen LogP contribution in [-0.4, -0.2) is 22.1 Å². The third-order valence-corrected chi connectivity index (χ3v) is 6.18. The summed E-state index contributed by atoms with van der Waals surface area (Å²) >= 11 is 9.58. The van der Waals surface area contributed by atoms with Gasteiger partial charge in [-0.1, -0.05) is 57.9 Å². The summed E-state index contributed by atoms with van der Waals surface area (Å²) in [6.07, 6.45) is 1.78. The molecule has 170 valence electrons. The van der Waals surface area contributed by atoms with Crippen LogP contribution in [0.25, 0.3) is 11.0 Å². The summed E-state index contributed by atoms with van der Waals surface area (Å²) in [7, 11) is 0. The Labute approximate surface area is 206 Å². The van der Waals surface area contributed by atoms with Crippen molar-refractivity contribution in [2.45, 2.75) is 32.4 Å². The second-order valence-electron chi connectivity index (χ2n) is 7.80. The molecule has 4 aromatic rings. The molecule has 1 unspecified atom stereocenters. The number of ether oxygens (including phenoxy) is 1.